The maximum atomic E-state index is 9.71. The van der Waals surface area contributed by atoms with E-state index in [9.17, 15) is 4.79 Å². The lowest BCUT2D eigenvalue weighted by Crippen LogP contribution is -1.79. The van der Waals surface area contributed by atoms with Crippen molar-refractivity contribution in [2.45, 2.75) is 12.8 Å². The van der Waals surface area contributed by atoms with E-state index in [0.29, 0.717) is 0 Å². The van der Waals surface area contributed by atoms with Crippen LogP contribution in [-0.4, -0.2) is 6.08 Å². The molecule has 0 N–H and O–H groups in total. The molecule has 46 valence electrons. The van der Waals surface area contributed by atoms with Crippen molar-refractivity contribution in [3.63, 3.8) is 0 Å². The number of isocyanates is 1. The van der Waals surface area contributed by atoms with E-state index in [1.165, 1.54) is 6.08 Å². The molecule has 0 aromatic rings. The quantitative estimate of drug-likeness (QED) is 0.382. The van der Waals surface area contributed by atoms with Gasteiger partial charge in [0.15, 0.2) is 0 Å². The van der Waals surface area contributed by atoms with Gasteiger partial charge in [0.05, 0.1) is 5.70 Å². The smallest absolute Gasteiger partial charge is 0.211 e. The summed E-state index contributed by atoms with van der Waals surface area (Å²) in [7, 11) is 0. The lowest BCUT2D eigenvalue weighted by Gasteiger charge is -1.96. The molecule has 0 spiro atoms. The Morgan fingerprint density at radius 2 is 2.44 bits per heavy atom. The third-order valence-corrected chi connectivity index (χ3v) is 1.15. The SMILES string of the molecule is O=C=NC1=CCCC=C1. The zero-order valence-corrected chi connectivity index (χ0v) is 5.00. The van der Waals surface area contributed by atoms with Crippen molar-refractivity contribution in [1.29, 1.82) is 0 Å². The Kier molecular flexibility index (Phi) is 2.00. The summed E-state index contributed by atoms with van der Waals surface area (Å²) in [5, 5.41) is 0. The predicted octanol–water partition coefficient (Wildman–Crippen LogP) is 1.56. The summed E-state index contributed by atoms with van der Waals surface area (Å²) in [4.78, 5) is 13.2. The summed E-state index contributed by atoms with van der Waals surface area (Å²) in [6.07, 6.45) is 9.27. The van der Waals surface area contributed by atoms with Gasteiger partial charge in [0.2, 0.25) is 6.08 Å². The van der Waals surface area contributed by atoms with Crippen LogP contribution < -0.4 is 0 Å². The van der Waals surface area contributed by atoms with Crippen LogP contribution in [-0.2, 0) is 4.79 Å². The molecule has 0 aliphatic heterocycles. The second-order valence-electron chi connectivity index (χ2n) is 1.81. The monoisotopic (exact) mass is 121 g/mol. The highest BCUT2D eigenvalue weighted by Gasteiger charge is 1.91. The van der Waals surface area contributed by atoms with Gasteiger partial charge in [-0.05, 0) is 18.9 Å². The molecule has 0 amide bonds. The first-order valence-corrected chi connectivity index (χ1v) is 2.88. The number of carbonyl (C=O) groups excluding carboxylic acids is 1. The zero-order chi connectivity index (χ0) is 6.53. The van der Waals surface area contributed by atoms with Crippen molar-refractivity contribution in [2.24, 2.45) is 4.99 Å². The van der Waals surface area contributed by atoms with Gasteiger partial charge in [0, 0.05) is 0 Å². The maximum absolute atomic E-state index is 9.71. The number of allylic oxidation sites excluding steroid dienone is 3. The van der Waals surface area contributed by atoms with Crippen molar-refractivity contribution < 1.29 is 4.79 Å². The van der Waals surface area contributed by atoms with E-state index in [0.717, 1.165) is 18.5 Å². The first kappa shape index (κ1) is 5.99. The third kappa shape index (κ3) is 1.67. The van der Waals surface area contributed by atoms with Gasteiger partial charge in [-0.15, -0.1) is 0 Å². The van der Waals surface area contributed by atoms with Gasteiger partial charge in [0.25, 0.3) is 0 Å². The predicted molar refractivity (Wildman–Crippen MR) is 34.6 cm³/mol. The van der Waals surface area contributed by atoms with Gasteiger partial charge in [-0.3, -0.25) is 0 Å². The molecular formula is C7H7NO. The summed E-state index contributed by atoms with van der Waals surface area (Å²) < 4.78 is 0. The van der Waals surface area contributed by atoms with Crippen LogP contribution in [0.25, 0.3) is 0 Å². The van der Waals surface area contributed by atoms with E-state index in [2.05, 4.69) is 4.99 Å². The molecule has 0 aromatic carbocycles. The minimum atomic E-state index is 0.733. The van der Waals surface area contributed by atoms with Gasteiger partial charge in [-0.2, -0.15) is 4.99 Å². The minimum Gasteiger partial charge on any atom is -0.211 e. The van der Waals surface area contributed by atoms with E-state index in [4.69, 9.17) is 0 Å². The van der Waals surface area contributed by atoms with Crippen LogP contribution >= 0.6 is 0 Å². The molecule has 2 heteroatoms. The second-order valence-corrected chi connectivity index (χ2v) is 1.81. The first-order chi connectivity index (χ1) is 4.43. The Bertz CT molecular complexity index is 197. The van der Waals surface area contributed by atoms with Crippen LogP contribution in [0.5, 0.6) is 0 Å². The van der Waals surface area contributed by atoms with Gasteiger partial charge in [-0.25, -0.2) is 4.79 Å². The van der Waals surface area contributed by atoms with Crippen molar-refractivity contribution in [1.82, 2.24) is 0 Å². The molecule has 0 aromatic heterocycles. The third-order valence-electron chi connectivity index (χ3n) is 1.15. The Balaban J connectivity index is 2.69. The van der Waals surface area contributed by atoms with Gasteiger partial charge in [-0.1, -0.05) is 12.2 Å². The lowest BCUT2D eigenvalue weighted by atomic mass is 10.2. The molecule has 2 nitrogen and oxygen atoms in total. The van der Waals surface area contributed by atoms with E-state index >= 15 is 0 Å². The maximum Gasteiger partial charge on any atom is 0.240 e. The number of nitrogens with zero attached hydrogens (tertiary/aromatic N) is 1. The molecular weight excluding hydrogens is 114 g/mol. The minimum absolute atomic E-state index is 0.733. The largest absolute Gasteiger partial charge is 0.240 e. The van der Waals surface area contributed by atoms with E-state index < -0.39 is 0 Å². The summed E-state index contributed by atoms with van der Waals surface area (Å²) in [6.45, 7) is 0. The zero-order valence-electron chi connectivity index (χ0n) is 5.00. The normalized spacial score (nSPS) is 16.2. The lowest BCUT2D eigenvalue weighted by molar-refractivity contribution is 0.565. The number of hydrogen-bond donors (Lipinski definition) is 0. The van der Waals surface area contributed by atoms with Crippen molar-refractivity contribution >= 4 is 6.08 Å². The fraction of sp³-hybridized carbons (Fsp3) is 0.286. The number of aliphatic imine (C=N–C) groups is 1. The van der Waals surface area contributed by atoms with Crippen molar-refractivity contribution in [2.75, 3.05) is 0 Å². The Hall–Kier alpha value is -1.14. The highest BCUT2D eigenvalue weighted by Crippen LogP contribution is 2.08. The molecule has 0 fully saturated rings. The van der Waals surface area contributed by atoms with Crippen LogP contribution in [0.4, 0.5) is 0 Å². The Labute approximate surface area is 53.6 Å². The molecule has 0 radical (unpaired) electrons. The van der Waals surface area contributed by atoms with Crippen molar-refractivity contribution in [3.8, 4) is 0 Å². The van der Waals surface area contributed by atoms with Gasteiger partial charge < -0.3 is 0 Å². The van der Waals surface area contributed by atoms with E-state index in [1.807, 2.05) is 18.2 Å². The molecule has 0 saturated heterocycles. The van der Waals surface area contributed by atoms with E-state index in [-0.39, 0.29) is 0 Å². The van der Waals surface area contributed by atoms with Gasteiger partial charge in [0.1, 0.15) is 0 Å². The second kappa shape index (κ2) is 3.00. The molecule has 1 aliphatic rings. The summed E-state index contributed by atoms with van der Waals surface area (Å²) in [5.41, 5.74) is 0.733. The van der Waals surface area contributed by atoms with Crippen LogP contribution in [0.1, 0.15) is 12.8 Å². The summed E-state index contributed by atoms with van der Waals surface area (Å²) in [5.74, 6) is 0. The summed E-state index contributed by atoms with van der Waals surface area (Å²) >= 11 is 0. The molecule has 0 atom stereocenters. The van der Waals surface area contributed by atoms with Crippen LogP contribution in [0.15, 0.2) is 28.9 Å². The van der Waals surface area contributed by atoms with E-state index in [1.54, 1.807) is 0 Å². The fourth-order valence-corrected chi connectivity index (χ4v) is 0.735. The molecule has 0 heterocycles. The van der Waals surface area contributed by atoms with Crippen LogP contribution in [0.2, 0.25) is 0 Å². The number of rotatable bonds is 1. The molecule has 1 aliphatic carbocycles. The Morgan fingerprint density at radius 3 is 3.00 bits per heavy atom. The molecule has 1 rings (SSSR count). The highest BCUT2D eigenvalue weighted by molar-refractivity contribution is 5.40. The molecule has 0 saturated carbocycles. The first-order valence-electron chi connectivity index (χ1n) is 2.88. The average Bonchev–Trinajstić information content (AvgIpc) is 1.91. The van der Waals surface area contributed by atoms with Crippen LogP contribution in [0.3, 0.4) is 0 Å². The fourth-order valence-electron chi connectivity index (χ4n) is 0.735. The topological polar surface area (TPSA) is 29.4 Å². The Morgan fingerprint density at radius 1 is 1.56 bits per heavy atom. The molecule has 0 bridgehead atoms. The molecule has 9 heavy (non-hydrogen) atoms. The standard InChI is InChI=1S/C7H7NO/c9-6-8-7-4-2-1-3-5-7/h2,4-5H,1,3H2. The summed E-state index contributed by atoms with van der Waals surface area (Å²) in [6, 6.07) is 0. The number of hydrogen-bond acceptors (Lipinski definition) is 2. The molecule has 0 unspecified atom stereocenters. The van der Waals surface area contributed by atoms with Crippen LogP contribution in [0, 0.1) is 0 Å². The van der Waals surface area contributed by atoms with Gasteiger partial charge >= 0.3 is 0 Å². The average molecular weight is 121 g/mol. The highest BCUT2D eigenvalue weighted by atomic mass is 16.1. The van der Waals surface area contributed by atoms with Crippen molar-refractivity contribution in [3.05, 3.63) is 23.9 Å².